The lowest BCUT2D eigenvalue weighted by molar-refractivity contribution is -0.142. The number of hydrogen-bond acceptors (Lipinski definition) is 5. The van der Waals surface area contributed by atoms with E-state index in [2.05, 4.69) is 17.9 Å². The highest BCUT2D eigenvalue weighted by Crippen LogP contribution is 2.48. The number of benzene rings is 1. The number of carbonyl (C=O) groups is 2. The van der Waals surface area contributed by atoms with Crippen molar-refractivity contribution in [2.75, 3.05) is 11.4 Å². The third-order valence-electron chi connectivity index (χ3n) is 4.33. The molecule has 0 aromatic heterocycles. The van der Waals surface area contributed by atoms with Gasteiger partial charge in [0.25, 0.3) is 0 Å². The van der Waals surface area contributed by atoms with Crippen molar-refractivity contribution < 1.29 is 19.8 Å². The summed E-state index contributed by atoms with van der Waals surface area (Å²) in [5, 5.41) is 17.4. The van der Waals surface area contributed by atoms with Gasteiger partial charge in [-0.2, -0.15) is 0 Å². The molecule has 1 aliphatic heterocycles. The monoisotopic (exact) mass is 397 g/mol. The first-order valence-electron chi connectivity index (χ1n) is 9.15. The average molecular weight is 398 g/mol. The minimum absolute atomic E-state index is 0.0940. The van der Waals surface area contributed by atoms with Crippen LogP contribution in [0.15, 0.2) is 29.2 Å². The van der Waals surface area contributed by atoms with Gasteiger partial charge in [-0.1, -0.05) is 62.9 Å². The fourth-order valence-corrected chi connectivity index (χ4v) is 5.93. The number of para-hydroxylation sites is 1. The first-order chi connectivity index (χ1) is 12.5. The maximum atomic E-state index is 11.5. The second-order valence-corrected chi connectivity index (χ2v) is 9.12. The standard InChI is InChI=1S/C19H27NO4S2/c1-2-3-4-5-6-9-12-20-14-10-7-8-11-15(14)25-19(20)26-16(18(23)24)13-17(21)22/h7-8,10-11,16,19H,2-6,9,12-13H2,1H3,(H,21,22)(H,23,24). The molecule has 0 radical (unpaired) electrons. The zero-order valence-electron chi connectivity index (χ0n) is 15.1. The summed E-state index contributed by atoms with van der Waals surface area (Å²) < 4.78 is -0.0940. The molecule has 0 aliphatic carbocycles. The Morgan fingerprint density at radius 2 is 1.85 bits per heavy atom. The Balaban J connectivity index is 1.99. The van der Waals surface area contributed by atoms with E-state index in [0.717, 1.165) is 30.0 Å². The highest BCUT2D eigenvalue weighted by atomic mass is 32.2. The Labute approximate surface area is 163 Å². The molecule has 144 valence electrons. The molecule has 1 aromatic rings. The van der Waals surface area contributed by atoms with Crippen LogP contribution in [0.3, 0.4) is 0 Å². The van der Waals surface area contributed by atoms with Crippen LogP contribution in [0.25, 0.3) is 0 Å². The van der Waals surface area contributed by atoms with Gasteiger partial charge in [0.15, 0.2) is 0 Å². The van der Waals surface area contributed by atoms with Crippen LogP contribution in [-0.4, -0.2) is 38.7 Å². The third-order valence-corrected chi connectivity index (χ3v) is 7.19. The predicted octanol–water partition coefficient (Wildman–Crippen LogP) is 4.90. The highest BCUT2D eigenvalue weighted by Gasteiger charge is 2.34. The summed E-state index contributed by atoms with van der Waals surface area (Å²) in [6.45, 7) is 3.07. The molecule has 7 heteroatoms. The fraction of sp³-hybridized carbons (Fsp3) is 0.579. The number of rotatable bonds is 12. The van der Waals surface area contributed by atoms with Crippen molar-refractivity contribution in [2.45, 2.75) is 66.7 Å². The Bertz CT molecular complexity index is 611. The van der Waals surface area contributed by atoms with Gasteiger partial charge in [0, 0.05) is 11.4 Å². The van der Waals surface area contributed by atoms with E-state index in [4.69, 9.17) is 5.11 Å². The van der Waals surface area contributed by atoms with Gasteiger partial charge >= 0.3 is 11.9 Å². The van der Waals surface area contributed by atoms with Crippen LogP contribution in [0.5, 0.6) is 0 Å². The Morgan fingerprint density at radius 1 is 1.15 bits per heavy atom. The summed E-state index contributed by atoms with van der Waals surface area (Å²) in [6, 6.07) is 8.08. The first-order valence-corrected chi connectivity index (χ1v) is 11.0. The lowest BCUT2D eigenvalue weighted by atomic mass is 10.1. The normalized spacial score (nSPS) is 17.1. The van der Waals surface area contributed by atoms with E-state index in [9.17, 15) is 14.7 Å². The number of fused-ring (bicyclic) bond motifs is 1. The van der Waals surface area contributed by atoms with Crippen molar-refractivity contribution >= 4 is 41.1 Å². The second kappa shape index (κ2) is 10.7. The summed E-state index contributed by atoms with van der Waals surface area (Å²) in [7, 11) is 0. The maximum absolute atomic E-state index is 11.5. The van der Waals surface area contributed by atoms with Crippen LogP contribution in [0.1, 0.15) is 51.9 Å². The third kappa shape index (κ3) is 6.13. The fourth-order valence-electron chi connectivity index (χ4n) is 2.96. The molecule has 2 unspecified atom stereocenters. The molecule has 0 saturated heterocycles. The van der Waals surface area contributed by atoms with Crippen LogP contribution in [-0.2, 0) is 9.59 Å². The van der Waals surface area contributed by atoms with Crippen LogP contribution < -0.4 is 4.90 Å². The van der Waals surface area contributed by atoms with E-state index in [0.29, 0.717) is 0 Å². The van der Waals surface area contributed by atoms with Crippen LogP contribution in [0.4, 0.5) is 5.69 Å². The van der Waals surface area contributed by atoms with Crippen molar-refractivity contribution in [3.05, 3.63) is 24.3 Å². The first kappa shape index (κ1) is 21.0. The zero-order chi connectivity index (χ0) is 18.9. The quantitative estimate of drug-likeness (QED) is 0.485. The second-order valence-electron chi connectivity index (χ2n) is 6.41. The number of carboxylic acids is 2. The molecule has 2 rings (SSSR count). The summed E-state index contributed by atoms with van der Waals surface area (Å²) in [4.78, 5) is 25.8. The molecule has 0 amide bonds. The van der Waals surface area contributed by atoms with Crippen molar-refractivity contribution in [3.63, 3.8) is 0 Å². The summed E-state index contributed by atoms with van der Waals surface area (Å²) in [5.74, 6) is -2.14. The Morgan fingerprint density at radius 3 is 2.54 bits per heavy atom. The lowest BCUT2D eigenvalue weighted by Gasteiger charge is -2.27. The molecule has 5 nitrogen and oxygen atoms in total. The molecule has 0 bridgehead atoms. The Hall–Kier alpha value is -1.34. The van der Waals surface area contributed by atoms with Crippen molar-refractivity contribution in [3.8, 4) is 0 Å². The SMILES string of the molecule is CCCCCCCCN1c2ccccc2SC1SC(CC(=O)O)C(=O)O. The number of nitrogens with zero attached hydrogens (tertiary/aromatic N) is 1. The van der Waals surface area contributed by atoms with Gasteiger partial charge in [-0.3, -0.25) is 9.59 Å². The van der Waals surface area contributed by atoms with Crippen molar-refractivity contribution in [1.82, 2.24) is 0 Å². The van der Waals surface area contributed by atoms with Gasteiger partial charge in [-0.05, 0) is 18.6 Å². The van der Waals surface area contributed by atoms with Crippen LogP contribution in [0.2, 0.25) is 0 Å². The van der Waals surface area contributed by atoms with Gasteiger partial charge in [0.2, 0.25) is 0 Å². The van der Waals surface area contributed by atoms with Crippen molar-refractivity contribution in [1.29, 1.82) is 0 Å². The van der Waals surface area contributed by atoms with E-state index < -0.39 is 17.2 Å². The molecular formula is C19H27NO4S2. The molecule has 0 fully saturated rings. The molecular weight excluding hydrogens is 370 g/mol. The average Bonchev–Trinajstić information content (AvgIpc) is 2.94. The molecule has 1 aliphatic rings. The summed E-state index contributed by atoms with van der Waals surface area (Å²) >= 11 is 2.86. The van der Waals surface area contributed by atoms with Crippen molar-refractivity contribution in [2.24, 2.45) is 0 Å². The number of aliphatic carboxylic acids is 2. The van der Waals surface area contributed by atoms with E-state index in [-0.39, 0.29) is 11.1 Å². The van der Waals surface area contributed by atoms with E-state index in [1.54, 1.807) is 11.8 Å². The smallest absolute Gasteiger partial charge is 0.317 e. The molecule has 1 aromatic carbocycles. The van der Waals surface area contributed by atoms with E-state index in [1.165, 1.54) is 37.4 Å². The number of anilines is 1. The molecule has 2 N–H and O–H groups in total. The molecule has 1 heterocycles. The number of thioether (sulfide) groups is 2. The van der Waals surface area contributed by atoms with E-state index in [1.807, 2.05) is 18.2 Å². The van der Waals surface area contributed by atoms with Crippen LogP contribution >= 0.6 is 23.5 Å². The Kier molecular flexibility index (Phi) is 8.65. The lowest BCUT2D eigenvalue weighted by Crippen LogP contribution is -2.32. The topological polar surface area (TPSA) is 77.8 Å². The minimum Gasteiger partial charge on any atom is -0.481 e. The summed E-state index contributed by atoms with van der Waals surface area (Å²) in [5.41, 5.74) is 1.13. The number of unbranched alkanes of at least 4 members (excludes halogenated alkanes) is 5. The van der Waals surface area contributed by atoms with E-state index >= 15 is 0 Å². The largest absolute Gasteiger partial charge is 0.481 e. The predicted molar refractivity (Wildman–Crippen MR) is 108 cm³/mol. The van der Waals surface area contributed by atoms with Gasteiger partial charge in [0.1, 0.15) is 9.96 Å². The molecule has 26 heavy (non-hydrogen) atoms. The maximum Gasteiger partial charge on any atom is 0.317 e. The minimum atomic E-state index is -1.08. The zero-order valence-corrected chi connectivity index (χ0v) is 16.7. The van der Waals surface area contributed by atoms with Gasteiger partial charge in [0.05, 0.1) is 12.1 Å². The molecule has 2 atom stereocenters. The number of carboxylic acid groups (broad SMARTS) is 2. The van der Waals surface area contributed by atoms with Gasteiger partial charge in [-0.15, -0.1) is 11.8 Å². The van der Waals surface area contributed by atoms with Crippen LogP contribution in [0, 0.1) is 0 Å². The van der Waals surface area contributed by atoms with Gasteiger partial charge in [-0.25, -0.2) is 0 Å². The summed E-state index contributed by atoms with van der Waals surface area (Å²) in [6.07, 6.45) is 6.86. The van der Waals surface area contributed by atoms with Gasteiger partial charge < -0.3 is 15.1 Å². The molecule has 0 saturated carbocycles. The molecule has 0 spiro atoms. The highest BCUT2D eigenvalue weighted by molar-refractivity contribution is 8.18. The number of hydrogen-bond donors (Lipinski definition) is 2.